The van der Waals surface area contributed by atoms with Gasteiger partial charge in [-0.15, -0.1) is 0 Å². The Bertz CT molecular complexity index is 719. The molecular weight excluding hydrogens is 310 g/mol. The lowest BCUT2D eigenvalue weighted by Gasteiger charge is -2.15. The zero-order valence-corrected chi connectivity index (χ0v) is 13.6. The highest BCUT2D eigenvalue weighted by atomic mass is 16.6. The molecule has 0 spiro atoms. The Hall–Kier alpha value is -2.93. The molecule has 7 heteroatoms. The summed E-state index contributed by atoms with van der Waals surface area (Å²) in [5.41, 5.74) is 1.33. The van der Waals surface area contributed by atoms with E-state index in [1.807, 2.05) is 37.4 Å². The molecule has 0 aliphatic carbocycles. The van der Waals surface area contributed by atoms with Crippen molar-refractivity contribution in [1.29, 1.82) is 0 Å². The van der Waals surface area contributed by atoms with Crippen LogP contribution in [0.3, 0.4) is 0 Å². The molecular formula is C17H20N3O4+. The molecule has 2 aromatic rings. The summed E-state index contributed by atoms with van der Waals surface area (Å²) < 4.78 is 5.14. The molecule has 0 aliphatic rings. The molecule has 0 aliphatic heterocycles. The molecule has 24 heavy (non-hydrogen) atoms. The average molecular weight is 330 g/mol. The number of rotatable bonds is 7. The van der Waals surface area contributed by atoms with E-state index in [1.54, 1.807) is 0 Å². The Morgan fingerprint density at radius 3 is 2.58 bits per heavy atom. The van der Waals surface area contributed by atoms with Gasteiger partial charge in [0, 0.05) is 17.7 Å². The van der Waals surface area contributed by atoms with Crippen LogP contribution >= 0.6 is 0 Å². The van der Waals surface area contributed by atoms with Crippen molar-refractivity contribution in [3.8, 4) is 5.75 Å². The topological polar surface area (TPSA) is 85.9 Å². The molecule has 1 atom stereocenters. The number of ether oxygens (including phenoxy) is 1. The summed E-state index contributed by atoms with van der Waals surface area (Å²) in [6.07, 6.45) is 0. The molecule has 126 valence electrons. The van der Waals surface area contributed by atoms with Crippen LogP contribution in [-0.2, 0) is 11.3 Å². The van der Waals surface area contributed by atoms with E-state index in [4.69, 9.17) is 4.74 Å². The van der Waals surface area contributed by atoms with Crippen LogP contribution in [0.4, 0.5) is 11.4 Å². The Labute approximate surface area is 140 Å². The number of carbonyl (C=O) groups is 1. The predicted octanol–water partition coefficient (Wildman–Crippen LogP) is 1.26. The van der Waals surface area contributed by atoms with Gasteiger partial charge in [-0.3, -0.25) is 14.9 Å². The number of nitro benzene ring substituents is 1. The summed E-state index contributed by atoms with van der Waals surface area (Å²) in [6.45, 7) is 0.946. The van der Waals surface area contributed by atoms with E-state index in [0.29, 0.717) is 18.0 Å². The van der Waals surface area contributed by atoms with Gasteiger partial charge in [-0.05, 0) is 6.07 Å². The number of non-ortho nitro benzene ring substituents is 1. The molecule has 0 fully saturated rings. The summed E-state index contributed by atoms with van der Waals surface area (Å²) in [5.74, 6) is 0.150. The Kier molecular flexibility index (Phi) is 5.86. The maximum absolute atomic E-state index is 12.2. The van der Waals surface area contributed by atoms with Crippen LogP contribution in [0, 0.1) is 10.1 Å². The number of benzene rings is 2. The third-order valence-corrected chi connectivity index (χ3v) is 3.48. The van der Waals surface area contributed by atoms with Crippen molar-refractivity contribution >= 4 is 17.3 Å². The minimum absolute atomic E-state index is 0.101. The van der Waals surface area contributed by atoms with Gasteiger partial charge in [-0.1, -0.05) is 30.3 Å². The number of hydrogen-bond acceptors (Lipinski definition) is 4. The van der Waals surface area contributed by atoms with Gasteiger partial charge in [0.1, 0.15) is 12.3 Å². The molecule has 1 unspecified atom stereocenters. The second-order valence-corrected chi connectivity index (χ2v) is 5.49. The number of hydrogen-bond donors (Lipinski definition) is 2. The number of methoxy groups -OCH3 is 1. The first kappa shape index (κ1) is 17.4. The zero-order chi connectivity index (χ0) is 17.5. The van der Waals surface area contributed by atoms with Gasteiger partial charge in [-0.25, -0.2) is 0 Å². The van der Waals surface area contributed by atoms with Gasteiger partial charge < -0.3 is 15.0 Å². The summed E-state index contributed by atoms with van der Waals surface area (Å²) in [4.78, 5) is 23.6. The Morgan fingerprint density at radius 2 is 1.96 bits per heavy atom. The number of nitrogens with zero attached hydrogens (tertiary/aromatic N) is 1. The van der Waals surface area contributed by atoms with Crippen molar-refractivity contribution in [2.45, 2.75) is 6.54 Å². The van der Waals surface area contributed by atoms with Gasteiger partial charge in [0.15, 0.2) is 6.54 Å². The summed E-state index contributed by atoms with van der Waals surface area (Å²) in [5, 5.41) is 13.6. The second kappa shape index (κ2) is 8.07. The second-order valence-electron chi connectivity index (χ2n) is 5.49. The Balaban J connectivity index is 2.01. The van der Waals surface area contributed by atoms with E-state index >= 15 is 0 Å². The van der Waals surface area contributed by atoms with Gasteiger partial charge in [0.2, 0.25) is 0 Å². The summed E-state index contributed by atoms with van der Waals surface area (Å²) in [7, 11) is 3.36. The highest BCUT2D eigenvalue weighted by Crippen LogP contribution is 2.28. The van der Waals surface area contributed by atoms with E-state index in [2.05, 4.69) is 5.32 Å². The normalized spacial score (nSPS) is 11.6. The lowest BCUT2D eigenvalue weighted by molar-refractivity contribution is -0.885. The molecule has 1 amide bonds. The standard InChI is InChI=1S/C17H19N3O4/c1-19(11-13-6-4-3-5-7-13)12-17(21)18-15-10-14(20(22)23)8-9-16(15)24-2/h3-10H,11-12H2,1-2H3,(H,18,21)/p+1. The van der Waals surface area contributed by atoms with Gasteiger partial charge in [-0.2, -0.15) is 0 Å². The highest BCUT2D eigenvalue weighted by molar-refractivity contribution is 5.93. The van der Waals surface area contributed by atoms with Crippen LogP contribution in [0.5, 0.6) is 5.75 Å². The van der Waals surface area contributed by atoms with Crippen molar-refractivity contribution in [3.05, 3.63) is 64.2 Å². The molecule has 0 heterocycles. The average Bonchev–Trinajstić information content (AvgIpc) is 2.55. The molecule has 2 aromatic carbocycles. The first-order valence-corrected chi connectivity index (χ1v) is 7.47. The molecule has 0 saturated heterocycles. The maximum Gasteiger partial charge on any atom is 0.279 e. The molecule has 7 nitrogen and oxygen atoms in total. The van der Waals surface area contributed by atoms with Gasteiger partial charge >= 0.3 is 0 Å². The number of quaternary nitrogens is 1. The third kappa shape index (κ3) is 4.79. The van der Waals surface area contributed by atoms with Crippen molar-refractivity contribution < 1.29 is 19.4 Å². The van der Waals surface area contributed by atoms with Crippen LogP contribution in [-0.4, -0.2) is 31.5 Å². The first-order chi connectivity index (χ1) is 11.5. The smallest absolute Gasteiger partial charge is 0.279 e. The predicted molar refractivity (Wildman–Crippen MR) is 90.2 cm³/mol. The number of likely N-dealkylation sites (N-methyl/N-ethyl adjacent to an activating group) is 1. The third-order valence-electron chi connectivity index (χ3n) is 3.48. The molecule has 0 radical (unpaired) electrons. The number of anilines is 1. The van der Waals surface area contributed by atoms with Crippen LogP contribution < -0.4 is 15.0 Å². The Morgan fingerprint density at radius 1 is 1.25 bits per heavy atom. The molecule has 0 aromatic heterocycles. The number of amides is 1. The van der Waals surface area contributed by atoms with Crippen molar-refractivity contribution in [3.63, 3.8) is 0 Å². The maximum atomic E-state index is 12.2. The SMILES string of the molecule is COc1ccc([N+](=O)[O-])cc1NC(=O)C[NH+](C)Cc1ccccc1. The quantitative estimate of drug-likeness (QED) is 0.591. The molecule has 0 bridgehead atoms. The van der Waals surface area contributed by atoms with E-state index < -0.39 is 4.92 Å². The van der Waals surface area contributed by atoms with Crippen LogP contribution in [0.2, 0.25) is 0 Å². The largest absolute Gasteiger partial charge is 0.495 e. The van der Waals surface area contributed by atoms with Crippen LogP contribution in [0.15, 0.2) is 48.5 Å². The highest BCUT2D eigenvalue weighted by Gasteiger charge is 2.16. The number of carbonyl (C=O) groups excluding carboxylic acids is 1. The summed E-state index contributed by atoms with van der Waals surface area (Å²) >= 11 is 0. The fraction of sp³-hybridized carbons (Fsp3) is 0.235. The molecule has 0 saturated carbocycles. The van der Waals surface area contributed by atoms with E-state index in [0.717, 1.165) is 10.5 Å². The monoisotopic (exact) mass is 330 g/mol. The fourth-order valence-electron chi connectivity index (χ4n) is 2.38. The zero-order valence-electron chi connectivity index (χ0n) is 13.6. The number of nitrogens with one attached hydrogen (secondary N) is 2. The molecule has 2 rings (SSSR count). The van der Waals surface area contributed by atoms with Crippen LogP contribution in [0.1, 0.15) is 5.56 Å². The van der Waals surface area contributed by atoms with Crippen LogP contribution in [0.25, 0.3) is 0 Å². The van der Waals surface area contributed by atoms with E-state index in [9.17, 15) is 14.9 Å². The van der Waals surface area contributed by atoms with Crippen molar-refractivity contribution in [2.24, 2.45) is 0 Å². The minimum atomic E-state index is -0.512. The lowest BCUT2D eigenvalue weighted by Crippen LogP contribution is -3.08. The van der Waals surface area contributed by atoms with Crippen molar-refractivity contribution in [1.82, 2.24) is 0 Å². The van der Waals surface area contributed by atoms with Gasteiger partial charge in [0.25, 0.3) is 11.6 Å². The van der Waals surface area contributed by atoms with E-state index in [-0.39, 0.29) is 18.1 Å². The van der Waals surface area contributed by atoms with E-state index in [1.165, 1.54) is 25.3 Å². The van der Waals surface area contributed by atoms with Gasteiger partial charge in [0.05, 0.1) is 24.8 Å². The fourth-order valence-corrected chi connectivity index (χ4v) is 2.38. The minimum Gasteiger partial charge on any atom is -0.495 e. The summed E-state index contributed by atoms with van der Waals surface area (Å²) in [6, 6.07) is 14.0. The lowest BCUT2D eigenvalue weighted by atomic mass is 10.2. The molecule has 2 N–H and O–H groups in total. The first-order valence-electron chi connectivity index (χ1n) is 7.47. The number of nitro groups is 1. The van der Waals surface area contributed by atoms with Crippen molar-refractivity contribution in [2.75, 3.05) is 26.0 Å².